The number of amides is 2. The molecule has 0 saturated carbocycles. The van der Waals surface area contributed by atoms with Crippen molar-refractivity contribution < 1.29 is 19.6 Å². The fourth-order valence-electron chi connectivity index (χ4n) is 4.10. The molecule has 182 valence electrons. The van der Waals surface area contributed by atoms with Gasteiger partial charge in [-0.05, 0) is 52.6 Å². The summed E-state index contributed by atoms with van der Waals surface area (Å²) in [5.74, 6) is -1.68. The minimum absolute atomic E-state index is 0.113. The van der Waals surface area contributed by atoms with Crippen LogP contribution in [0.5, 0.6) is 0 Å². The lowest BCUT2D eigenvalue weighted by Crippen LogP contribution is -2.48. The third kappa shape index (κ3) is 6.73. The molecule has 2 atom stereocenters. The van der Waals surface area contributed by atoms with Gasteiger partial charge in [0.25, 0.3) is 5.91 Å². The largest absolute Gasteiger partial charge is 0.475 e. The van der Waals surface area contributed by atoms with E-state index in [9.17, 15) is 19.6 Å². The van der Waals surface area contributed by atoms with Crippen LogP contribution in [0.3, 0.4) is 0 Å². The average molecular weight is 501 g/mol. The second-order valence-electron chi connectivity index (χ2n) is 8.62. The SMILES string of the molecule is O=C(CC(NC(=O)c1ccc2ccccc2c1)c1cccc(Cl)c1)N[C@@H](Cc1ccccc1)B(O)O. The Bertz CT molecular complexity index is 1350. The van der Waals surface area contributed by atoms with E-state index in [1.807, 2.05) is 60.7 Å². The summed E-state index contributed by atoms with van der Waals surface area (Å²) in [6, 6.07) is 28.7. The second-order valence-corrected chi connectivity index (χ2v) is 9.06. The number of fused-ring (bicyclic) bond motifs is 1. The minimum atomic E-state index is -1.74. The molecule has 4 rings (SSSR count). The van der Waals surface area contributed by atoms with Crippen LogP contribution in [0.15, 0.2) is 97.1 Å². The molecule has 8 heteroatoms. The number of rotatable bonds is 9. The maximum Gasteiger partial charge on any atom is 0.475 e. The van der Waals surface area contributed by atoms with Crippen LogP contribution in [0, 0.1) is 0 Å². The van der Waals surface area contributed by atoms with Gasteiger partial charge >= 0.3 is 7.12 Å². The van der Waals surface area contributed by atoms with Gasteiger partial charge in [-0.15, -0.1) is 0 Å². The lowest BCUT2D eigenvalue weighted by Gasteiger charge is -2.22. The summed E-state index contributed by atoms with van der Waals surface area (Å²) in [6.07, 6.45) is 0.132. The standard InChI is InChI=1S/C28H26BClN2O4/c30-24-12-6-11-22(17-24)25(31-28(34)23-14-13-20-9-4-5-10-21(20)16-23)18-27(33)32-26(29(35)36)15-19-7-2-1-3-8-19/h1-14,16-17,25-26,35-36H,15,18H2,(H,31,34)(H,32,33)/t25?,26-/m0/s1. The first-order chi connectivity index (χ1) is 17.4. The molecule has 0 heterocycles. The summed E-state index contributed by atoms with van der Waals surface area (Å²) in [4.78, 5) is 26.1. The highest BCUT2D eigenvalue weighted by Crippen LogP contribution is 2.22. The average Bonchev–Trinajstić information content (AvgIpc) is 2.88. The predicted molar refractivity (Wildman–Crippen MR) is 142 cm³/mol. The van der Waals surface area contributed by atoms with Crippen molar-refractivity contribution in [2.75, 3.05) is 0 Å². The number of nitrogens with one attached hydrogen (secondary N) is 2. The highest BCUT2D eigenvalue weighted by Gasteiger charge is 2.27. The van der Waals surface area contributed by atoms with Crippen molar-refractivity contribution in [1.82, 2.24) is 10.6 Å². The van der Waals surface area contributed by atoms with Gasteiger partial charge in [0.15, 0.2) is 0 Å². The molecule has 0 aliphatic rings. The normalized spacial score (nSPS) is 12.5. The van der Waals surface area contributed by atoms with Crippen molar-refractivity contribution in [3.8, 4) is 0 Å². The van der Waals surface area contributed by atoms with Crippen molar-refractivity contribution in [2.24, 2.45) is 0 Å². The summed E-state index contributed by atoms with van der Waals surface area (Å²) < 4.78 is 0. The first-order valence-electron chi connectivity index (χ1n) is 11.6. The third-order valence-electron chi connectivity index (χ3n) is 5.96. The molecule has 0 radical (unpaired) electrons. The van der Waals surface area contributed by atoms with Gasteiger partial charge in [-0.25, -0.2) is 0 Å². The number of benzene rings is 4. The van der Waals surface area contributed by atoms with E-state index in [4.69, 9.17) is 11.6 Å². The first kappa shape index (κ1) is 25.4. The Hall–Kier alpha value is -3.65. The molecule has 4 aromatic carbocycles. The highest BCUT2D eigenvalue weighted by atomic mass is 35.5. The molecule has 1 unspecified atom stereocenters. The van der Waals surface area contributed by atoms with E-state index in [-0.39, 0.29) is 18.7 Å². The Balaban J connectivity index is 1.51. The maximum absolute atomic E-state index is 13.2. The van der Waals surface area contributed by atoms with Gasteiger partial charge in [0.1, 0.15) is 0 Å². The van der Waals surface area contributed by atoms with E-state index < -0.39 is 25.0 Å². The molecule has 0 aromatic heterocycles. The predicted octanol–water partition coefficient (Wildman–Crippen LogP) is 4.09. The van der Waals surface area contributed by atoms with E-state index in [2.05, 4.69) is 10.6 Å². The molecular formula is C28H26BClN2O4. The zero-order valence-electron chi connectivity index (χ0n) is 19.5. The quantitative estimate of drug-likeness (QED) is 0.260. The van der Waals surface area contributed by atoms with Gasteiger partial charge in [-0.2, -0.15) is 0 Å². The van der Waals surface area contributed by atoms with Gasteiger partial charge in [0.05, 0.1) is 18.4 Å². The number of carbonyl (C=O) groups excluding carboxylic acids is 2. The van der Waals surface area contributed by atoms with Gasteiger partial charge in [-0.3, -0.25) is 9.59 Å². The van der Waals surface area contributed by atoms with E-state index in [1.165, 1.54) is 0 Å². The summed E-state index contributed by atoms with van der Waals surface area (Å²) in [7, 11) is -1.74. The summed E-state index contributed by atoms with van der Waals surface area (Å²) in [5.41, 5.74) is 1.98. The lowest BCUT2D eigenvalue weighted by molar-refractivity contribution is -0.122. The van der Waals surface area contributed by atoms with Crippen LogP contribution in [-0.2, 0) is 11.2 Å². The van der Waals surface area contributed by atoms with Crippen LogP contribution in [0.4, 0.5) is 0 Å². The number of halogens is 1. The van der Waals surface area contributed by atoms with Crippen LogP contribution in [0.25, 0.3) is 10.8 Å². The van der Waals surface area contributed by atoms with Gasteiger partial charge in [0.2, 0.25) is 5.91 Å². The molecule has 0 bridgehead atoms. The summed E-state index contributed by atoms with van der Waals surface area (Å²) in [5, 5.41) is 27.8. The summed E-state index contributed by atoms with van der Waals surface area (Å²) >= 11 is 6.18. The molecule has 4 aromatic rings. The molecule has 36 heavy (non-hydrogen) atoms. The molecular weight excluding hydrogens is 475 g/mol. The molecule has 0 fully saturated rings. The second kappa shape index (κ2) is 11.9. The molecule has 2 amide bonds. The Morgan fingerprint density at radius 2 is 1.53 bits per heavy atom. The number of hydrogen-bond acceptors (Lipinski definition) is 4. The maximum atomic E-state index is 13.2. The topological polar surface area (TPSA) is 98.7 Å². The van der Waals surface area contributed by atoms with Crippen LogP contribution in [0.2, 0.25) is 5.02 Å². The Morgan fingerprint density at radius 3 is 2.25 bits per heavy atom. The van der Waals surface area contributed by atoms with E-state index in [0.717, 1.165) is 16.3 Å². The van der Waals surface area contributed by atoms with E-state index in [0.29, 0.717) is 16.1 Å². The minimum Gasteiger partial charge on any atom is -0.426 e. The van der Waals surface area contributed by atoms with Gasteiger partial charge in [-0.1, -0.05) is 84.4 Å². The first-order valence-corrected chi connectivity index (χ1v) is 12.0. The molecule has 0 saturated heterocycles. The molecule has 0 aliphatic carbocycles. The number of carbonyl (C=O) groups is 2. The fourth-order valence-corrected chi connectivity index (χ4v) is 4.30. The van der Waals surface area contributed by atoms with Crippen molar-refractivity contribution in [1.29, 1.82) is 0 Å². The third-order valence-corrected chi connectivity index (χ3v) is 6.20. The number of hydrogen-bond donors (Lipinski definition) is 4. The highest BCUT2D eigenvalue weighted by molar-refractivity contribution is 6.43. The van der Waals surface area contributed by atoms with Gasteiger partial charge in [0, 0.05) is 10.6 Å². The lowest BCUT2D eigenvalue weighted by atomic mass is 9.76. The van der Waals surface area contributed by atoms with Crippen LogP contribution < -0.4 is 10.6 Å². The van der Waals surface area contributed by atoms with Crippen molar-refractivity contribution in [2.45, 2.75) is 24.8 Å². The van der Waals surface area contributed by atoms with Crippen molar-refractivity contribution in [3.63, 3.8) is 0 Å². The summed E-state index contributed by atoms with van der Waals surface area (Å²) in [6.45, 7) is 0. The smallest absolute Gasteiger partial charge is 0.426 e. The molecule has 6 nitrogen and oxygen atoms in total. The van der Waals surface area contributed by atoms with Crippen molar-refractivity contribution >= 4 is 41.3 Å². The zero-order chi connectivity index (χ0) is 25.5. The van der Waals surface area contributed by atoms with Crippen LogP contribution >= 0.6 is 11.6 Å². The van der Waals surface area contributed by atoms with E-state index >= 15 is 0 Å². The van der Waals surface area contributed by atoms with Crippen molar-refractivity contribution in [3.05, 3.63) is 119 Å². The molecule has 4 N–H and O–H groups in total. The zero-order valence-corrected chi connectivity index (χ0v) is 20.2. The molecule has 0 spiro atoms. The van der Waals surface area contributed by atoms with Crippen LogP contribution in [-0.4, -0.2) is 34.9 Å². The molecule has 0 aliphatic heterocycles. The Labute approximate surface area is 215 Å². The Morgan fingerprint density at radius 1 is 0.806 bits per heavy atom. The van der Waals surface area contributed by atoms with Gasteiger partial charge < -0.3 is 20.7 Å². The van der Waals surface area contributed by atoms with E-state index in [1.54, 1.807) is 36.4 Å². The van der Waals surface area contributed by atoms with Crippen LogP contribution in [0.1, 0.15) is 33.9 Å². The monoisotopic (exact) mass is 500 g/mol. The Kier molecular flexibility index (Phi) is 8.38. The fraction of sp³-hybridized carbons (Fsp3) is 0.143.